The monoisotopic (exact) mass is 437 g/mol. The Kier molecular flexibility index (Phi) is 4.86. The largest absolute Gasteiger partial charge is 0.399 e. The Balaban J connectivity index is 1.64. The molecule has 2 N–H and O–H groups in total. The summed E-state index contributed by atoms with van der Waals surface area (Å²) in [5, 5.41) is 0.0769. The predicted octanol–water partition coefficient (Wildman–Crippen LogP) is 2.42. The van der Waals surface area contributed by atoms with Gasteiger partial charge in [-0.1, -0.05) is 6.07 Å². The van der Waals surface area contributed by atoms with Crippen LogP contribution in [0, 0.1) is 0 Å². The second kappa shape index (κ2) is 7.58. The number of ether oxygens (including phenoxy) is 1. The molecular formula is C22H23N5O3S. The maximum absolute atomic E-state index is 13.5. The van der Waals surface area contributed by atoms with E-state index in [2.05, 4.69) is 9.88 Å². The summed E-state index contributed by atoms with van der Waals surface area (Å²) in [6.07, 6.45) is 2.52. The van der Waals surface area contributed by atoms with Crippen molar-refractivity contribution in [2.45, 2.75) is 22.6 Å². The molecule has 1 aliphatic carbocycles. The molecule has 1 saturated carbocycles. The SMILES string of the molecule is Nc1ccc(-c2nc(N3CCOCC3)cc(C3(S(=O)(=O)c4ccccn4)CC3)n2)cc1. The summed E-state index contributed by atoms with van der Waals surface area (Å²) < 4.78 is 31.4. The van der Waals surface area contributed by atoms with Crippen molar-refractivity contribution in [2.75, 3.05) is 36.9 Å². The molecule has 3 aromatic rings. The van der Waals surface area contributed by atoms with Gasteiger partial charge in [0.1, 0.15) is 10.6 Å². The third kappa shape index (κ3) is 3.53. The molecule has 3 heterocycles. The van der Waals surface area contributed by atoms with Gasteiger partial charge in [-0.3, -0.25) is 0 Å². The van der Waals surface area contributed by atoms with E-state index in [9.17, 15) is 8.42 Å². The Morgan fingerprint density at radius 2 is 1.74 bits per heavy atom. The van der Waals surface area contributed by atoms with Gasteiger partial charge in [-0.2, -0.15) is 0 Å². The molecule has 1 aliphatic heterocycles. The van der Waals surface area contributed by atoms with Crippen molar-refractivity contribution >= 4 is 21.3 Å². The van der Waals surface area contributed by atoms with Crippen molar-refractivity contribution < 1.29 is 13.2 Å². The summed E-state index contributed by atoms with van der Waals surface area (Å²) in [5.74, 6) is 1.20. The second-order valence-corrected chi connectivity index (χ2v) is 10.0. The molecule has 0 radical (unpaired) electrons. The van der Waals surface area contributed by atoms with E-state index in [0.29, 0.717) is 62.2 Å². The van der Waals surface area contributed by atoms with E-state index < -0.39 is 14.6 Å². The predicted molar refractivity (Wildman–Crippen MR) is 117 cm³/mol. The minimum atomic E-state index is -3.70. The summed E-state index contributed by atoms with van der Waals surface area (Å²) in [6, 6.07) is 14.0. The minimum Gasteiger partial charge on any atom is -0.399 e. The maximum atomic E-state index is 13.5. The zero-order valence-electron chi connectivity index (χ0n) is 16.9. The Hall–Kier alpha value is -3.04. The van der Waals surface area contributed by atoms with Gasteiger partial charge < -0.3 is 15.4 Å². The second-order valence-electron chi connectivity index (χ2n) is 7.82. The van der Waals surface area contributed by atoms with Crippen LogP contribution in [0.2, 0.25) is 0 Å². The first-order valence-electron chi connectivity index (χ1n) is 10.2. The average Bonchev–Trinajstić information content (AvgIpc) is 3.63. The normalized spacial score (nSPS) is 18.0. The average molecular weight is 438 g/mol. The first kappa shape index (κ1) is 19.9. The lowest BCUT2D eigenvalue weighted by Crippen LogP contribution is -2.37. The fraction of sp³-hybridized carbons (Fsp3) is 0.318. The Morgan fingerprint density at radius 3 is 2.39 bits per heavy atom. The molecule has 1 aromatic carbocycles. The molecule has 0 amide bonds. The van der Waals surface area contributed by atoms with E-state index in [-0.39, 0.29) is 5.03 Å². The molecule has 31 heavy (non-hydrogen) atoms. The molecule has 160 valence electrons. The molecule has 0 unspecified atom stereocenters. The van der Waals surface area contributed by atoms with E-state index >= 15 is 0 Å². The van der Waals surface area contributed by atoms with Crippen LogP contribution in [0.1, 0.15) is 18.5 Å². The van der Waals surface area contributed by atoms with Crippen LogP contribution < -0.4 is 10.6 Å². The zero-order chi connectivity index (χ0) is 21.5. The number of hydrogen-bond donors (Lipinski definition) is 1. The van der Waals surface area contributed by atoms with Gasteiger partial charge in [-0.05, 0) is 49.2 Å². The number of rotatable bonds is 5. The molecule has 1 saturated heterocycles. The van der Waals surface area contributed by atoms with Crippen molar-refractivity contribution in [3.8, 4) is 11.4 Å². The number of nitrogens with zero attached hydrogens (tertiary/aromatic N) is 4. The fourth-order valence-corrected chi connectivity index (χ4v) is 5.74. The standard InChI is InChI=1S/C22H23N5O3S/c23-17-6-4-16(5-7-17)21-25-18(15-19(26-21)27-11-13-30-14-12-27)22(8-9-22)31(28,29)20-3-1-2-10-24-20/h1-7,10,15H,8-9,11-14,23H2. The molecule has 2 fully saturated rings. The molecule has 0 bridgehead atoms. The topological polar surface area (TPSA) is 111 Å². The van der Waals surface area contributed by atoms with Gasteiger partial charge >= 0.3 is 0 Å². The van der Waals surface area contributed by atoms with Crippen LogP contribution in [-0.4, -0.2) is 49.7 Å². The number of nitrogen functional groups attached to an aromatic ring is 1. The number of pyridine rings is 1. The third-order valence-corrected chi connectivity index (χ3v) is 8.25. The van der Waals surface area contributed by atoms with Crippen molar-refractivity contribution in [1.29, 1.82) is 0 Å². The molecule has 0 atom stereocenters. The smallest absolute Gasteiger partial charge is 0.206 e. The first-order chi connectivity index (χ1) is 15.0. The number of morpholine rings is 1. The van der Waals surface area contributed by atoms with Gasteiger partial charge in [-0.25, -0.2) is 23.4 Å². The van der Waals surface area contributed by atoms with Crippen molar-refractivity contribution in [3.63, 3.8) is 0 Å². The molecule has 2 aliphatic rings. The number of hydrogen-bond acceptors (Lipinski definition) is 8. The lowest BCUT2D eigenvalue weighted by atomic mass is 10.1. The number of benzene rings is 1. The third-order valence-electron chi connectivity index (χ3n) is 5.82. The van der Waals surface area contributed by atoms with Crippen LogP contribution in [0.4, 0.5) is 11.5 Å². The van der Waals surface area contributed by atoms with Gasteiger partial charge in [-0.15, -0.1) is 0 Å². The van der Waals surface area contributed by atoms with Crippen LogP contribution in [0.25, 0.3) is 11.4 Å². The number of anilines is 2. The van der Waals surface area contributed by atoms with E-state index in [1.54, 1.807) is 30.3 Å². The van der Waals surface area contributed by atoms with E-state index in [1.807, 2.05) is 18.2 Å². The first-order valence-corrected chi connectivity index (χ1v) is 11.7. The number of nitrogens with two attached hydrogens (primary N) is 1. The highest BCUT2D eigenvalue weighted by Gasteiger charge is 2.58. The summed E-state index contributed by atoms with van der Waals surface area (Å²) in [6.45, 7) is 2.59. The van der Waals surface area contributed by atoms with Crippen LogP contribution >= 0.6 is 0 Å². The minimum absolute atomic E-state index is 0.0769. The molecular weight excluding hydrogens is 414 g/mol. The maximum Gasteiger partial charge on any atom is 0.206 e. The number of sulfone groups is 1. The molecule has 0 spiro atoms. The lowest BCUT2D eigenvalue weighted by molar-refractivity contribution is 0.122. The van der Waals surface area contributed by atoms with Crippen LogP contribution in [0.15, 0.2) is 59.8 Å². The fourth-order valence-electron chi connectivity index (χ4n) is 3.87. The molecule has 9 heteroatoms. The highest BCUT2D eigenvalue weighted by Crippen LogP contribution is 2.54. The molecule has 8 nitrogen and oxygen atoms in total. The van der Waals surface area contributed by atoms with E-state index in [4.69, 9.17) is 20.4 Å². The molecule has 5 rings (SSSR count). The van der Waals surface area contributed by atoms with Gasteiger partial charge in [0.15, 0.2) is 10.9 Å². The zero-order valence-corrected chi connectivity index (χ0v) is 17.8. The summed E-state index contributed by atoms with van der Waals surface area (Å²) in [4.78, 5) is 15.7. The Labute approximate surface area is 181 Å². The van der Waals surface area contributed by atoms with Gasteiger partial charge in [0.2, 0.25) is 9.84 Å². The summed E-state index contributed by atoms with van der Waals surface area (Å²) in [7, 11) is -3.70. The highest BCUT2D eigenvalue weighted by atomic mass is 32.2. The van der Waals surface area contributed by atoms with Crippen LogP contribution in [0.3, 0.4) is 0 Å². The van der Waals surface area contributed by atoms with Crippen molar-refractivity contribution in [2.24, 2.45) is 0 Å². The molecule has 2 aromatic heterocycles. The van der Waals surface area contributed by atoms with Crippen LogP contribution in [0.5, 0.6) is 0 Å². The van der Waals surface area contributed by atoms with Crippen molar-refractivity contribution in [1.82, 2.24) is 15.0 Å². The van der Waals surface area contributed by atoms with E-state index in [1.165, 1.54) is 6.20 Å². The Morgan fingerprint density at radius 1 is 1.00 bits per heavy atom. The lowest BCUT2D eigenvalue weighted by Gasteiger charge is -2.29. The van der Waals surface area contributed by atoms with E-state index in [0.717, 1.165) is 5.56 Å². The van der Waals surface area contributed by atoms with Gasteiger partial charge in [0, 0.05) is 36.6 Å². The summed E-state index contributed by atoms with van der Waals surface area (Å²) in [5.41, 5.74) is 7.78. The highest BCUT2D eigenvalue weighted by molar-refractivity contribution is 7.92. The summed E-state index contributed by atoms with van der Waals surface area (Å²) >= 11 is 0. The van der Waals surface area contributed by atoms with Gasteiger partial charge in [0.25, 0.3) is 0 Å². The quantitative estimate of drug-likeness (QED) is 0.606. The van der Waals surface area contributed by atoms with Crippen LogP contribution in [-0.2, 0) is 19.3 Å². The van der Waals surface area contributed by atoms with Gasteiger partial charge in [0.05, 0.1) is 18.9 Å². The Bertz CT molecular complexity index is 1190. The van der Waals surface area contributed by atoms with Crippen molar-refractivity contribution in [3.05, 3.63) is 60.4 Å². The number of aromatic nitrogens is 3.